The quantitative estimate of drug-likeness (QED) is 0.743. The zero-order chi connectivity index (χ0) is 17.6. The van der Waals surface area contributed by atoms with E-state index in [0.717, 1.165) is 51.0 Å². The van der Waals surface area contributed by atoms with Gasteiger partial charge in [-0.1, -0.05) is 17.7 Å². The molecule has 0 aliphatic carbocycles. The number of hydrogen-bond acceptors (Lipinski definition) is 4. The molecule has 138 valence electrons. The van der Waals surface area contributed by atoms with Crippen molar-refractivity contribution in [1.82, 2.24) is 4.90 Å². The van der Waals surface area contributed by atoms with Crippen molar-refractivity contribution in [2.45, 2.75) is 44.8 Å². The summed E-state index contributed by atoms with van der Waals surface area (Å²) >= 11 is 0. The number of carbonyl (C=O) groups excluding carboxylic acids is 1. The molecule has 5 nitrogen and oxygen atoms in total. The first-order valence-electron chi connectivity index (χ1n) is 9.41. The first kappa shape index (κ1) is 18.4. The summed E-state index contributed by atoms with van der Waals surface area (Å²) in [5.74, 6) is 0.258. The van der Waals surface area contributed by atoms with Crippen molar-refractivity contribution in [2.75, 3.05) is 44.9 Å². The Balaban J connectivity index is 1.56. The van der Waals surface area contributed by atoms with Crippen molar-refractivity contribution >= 4 is 11.6 Å². The predicted octanol–water partition coefficient (Wildman–Crippen LogP) is 2.62. The zero-order valence-corrected chi connectivity index (χ0v) is 15.4. The van der Waals surface area contributed by atoms with Crippen LogP contribution >= 0.6 is 0 Å². The smallest absolute Gasteiger partial charge is 0.244 e. The van der Waals surface area contributed by atoms with Gasteiger partial charge in [-0.2, -0.15) is 0 Å². The van der Waals surface area contributed by atoms with E-state index >= 15 is 0 Å². The third kappa shape index (κ3) is 4.60. The number of amides is 1. The van der Waals surface area contributed by atoms with E-state index in [-0.39, 0.29) is 11.9 Å². The normalized spacial score (nSPS) is 23.2. The maximum Gasteiger partial charge on any atom is 0.244 e. The molecule has 2 saturated heterocycles. The topological polar surface area (TPSA) is 42.0 Å². The van der Waals surface area contributed by atoms with E-state index in [0.29, 0.717) is 19.3 Å². The van der Waals surface area contributed by atoms with Gasteiger partial charge in [0.05, 0.1) is 25.4 Å². The Hall–Kier alpha value is -1.43. The van der Waals surface area contributed by atoms with Crippen LogP contribution in [0.4, 0.5) is 5.69 Å². The summed E-state index contributed by atoms with van der Waals surface area (Å²) in [6.07, 6.45) is 4.33. The second-order valence-corrected chi connectivity index (χ2v) is 7.08. The Bertz CT molecular complexity index is 553. The first-order valence-corrected chi connectivity index (χ1v) is 9.41. The lowest BCUT2D eigenvalue weighted by molar-refractivity contribution is -0.126. The molecule has 2 aliphatic heterocycles. The SMILES string of the molecule is COCCOC1CCN([C@@H]2CCCN(c3ccc(C)cc3)C2=O)CC1. The minimum Gasteiger partial charge on any atom is -0.382 e. The Kier molecular flexibility index (Phi) is 6.45. The standard InChI is InChI=1S/C20H30N2O3/c1-16-5-7-17(8-6-16)22-11-3-4-19(20(22)23)21-12-9-18(10-13-21)25-15-14-24-2/h5-8,18-19H,3-4,9-15H2,1-2H3/t19-/m1/s1. The van der Waals surface area contributed by atoms with Crippen LogP contribution in [0.3, 0.4) is 0 Å². The minimum absolute atomic E-state index is 0.0231. The molecule has 5 heteroatoms. The number of ether oxygens (including phenoxy) is 2. The Morgan fingerprint density at radius 2 is 1.76 bits per heavy atom. The Labute approximate surface area is 150 Å². The number of methoxy groups -OCH3 is 1. The van der Waals surface area contributed by atoms with Crippen molar-refractivity contribution in [3.05, 3.63) is 29.8 Å². The molecule has 2 fully saturated rings. The number of rotatable bonds is 6. The molecule has 0 bridgehead atoms. The van der Waals surface area contributed by atoms with Crippen LogP contribution in [0.15, 0.2) is 24.3 Å². The van der Waals surface area contributed by atoms with Gasteiger partial charge >= 0.3 is 0 Å². The van der Waals surface area contributed by atoms with Crippen LogP contribution in [0.5, 0.6) is 0 Å². The molecular formula is C20H30N2O3. The highest BCUT2D eigenvalue weighted by Crippen LogP contribution is 2.26. The van der Waals surface area contributed by atoms with E-state index in [4.69, 9.17) is 9.47 Å². The molecule has 2 aliphatic rings. The highest BCUT2D eigenvalue weighted by atomic mass is 16.5. The van der Waals surface area contributed by atoms with Gasteiger partial charge in [-0.3, -0.25) is 9.69 Å². The van der Waals surface area contributed by atoms with E-state index in [9.17, 15) is 4.79 Å². The second-order valence-electron chi connectivity index (χ2n) is 7.08. The number of hydrogen-bond donors (Lipinski definition) is 0. The molecule has 1 aromatic rings. The summed E-state index contributed by atoms with van der Waals surface area (Å²) in [5.41, 5.74) is 2.25. The summed E-state index contributed by atoms with van der Waals surface area (Å²) in [6, 6.07) is 8.30. The van der Waals surface area contributed by atoms with E-state index in [1.165, 1.54) is 5.56 Å². The number of anilines is 1. The van der Waals surface area contributed by atoms with Gasteiger partial charge in [0.15, 0.2) is 0 Å². The van der Waals surface area contributed by atoms with Gasteiger partial charge in [-0.15, -0.1) is 0 Å². The Morgan fingerprint density at radius 1 is 1.04 bits per heavy atom. The van der Waals surface area contributed by atoms with Crippen molar-refractivity contribution in [1.29, 1.82) is 0 Å². The maximum atomic E-state index is 13.0. The summed E-state index contributed by atoms with van der Waals surface area (Å²) in [5, 5.41) is 0. The number of aryl methyl sites for hydroxylation is 1. The van der Waals surface area contributed by atoms with E-state index in [1.54, 1.807) is 7.11 Å². The summed E-state index contributed by atoms with van der Waals surface area (Å²) in [4.78, 5) is 17.4. The molecule has 1 atom stereocenters. The van der Waals surface area contributed by atoms with E-state index in [2.05, 4.69) is 36.1 Å². The second kappa shape index (κ2) is 8.79. The van der Waals surface area contributed by atoms with E-state index < -0.39 is 0 Å². The fourth-order valence-electron chi connectivity index (χ4n) is 3.83. The summed E-state index contributed by atoms with van der Waals surface area (Å²) < 4.78 is 10.9. The molecule has 0 unspecified atom stereocenters. The average Bonchev–Trinajstić information content (AvgIpc) is 2.64. The number of likely N-dealkylation sites (tertiary alicyclic amines) is 1. The fourth-order valence-corrected chi connectivity index (χ4v) is 3.83. The molecule has 1 aromatic carbocycles. The van der Waals surface area contributed by atoms with Crippen LogP contribution in [0.25, 0.3) is 0 Å². The van der Waals surface area contributed by atoms with Crippen molar-refractivity contribution in [3.63, 3.8) is 0 Å². The maximum absolute atomic E-state index is 13.0. The molecule has 2 heterocycles. The summed E-state index contributed by atoms with van der Waals surface area (Å²) in [7, 11) is 1.69. The van der Waals surface area contributed by atoms with Gasteiger partial charge in [0.1, 0.15) is 0 Å². The van der Waals surface area contributed by atoms with Gasteiger partial charge in [0, 0.05) is 32.4 Å². The molecule has 0 saturated carbocycles. The molecular weight excluding hydrogens is 316 g/mol. The monoisotopic (exact) mass is 346 g/mol. The molecule has 25 heavy (non-hydrogen) atoms. The lowest BCUT2D eigenvalue weighted by atomic mass is 9.98. The van der Waals surface area contributed by atoms with Crippen LogP contribution in [0.1, 0.15) is 31.2 Å². The van der Waals surface area contributed by atoms with Crippen molar-refractivity contribution < 1.29 is 14.3 Å². The van der Waals surface area contributed by atoms with Crippen LogP contribution in [0, 0.1) is 6.92 Å². The first-order chi connectivity index (χ1) is 12.2. The highest BCUT2D eigenvalue weighted by molar-refractivity contribution is 5.97. The molecule has 3 rings (SSSR count). The number of nitrogens with zero attached hydrogens (tertiary/aromatic N) is 2. The van der Waals surface area contributed by atoms with Gasteiger partial charge in [0.25, 0.3) is 0 Å². The van der Waals surface area contributed by atoms with Crippen molar-refractivity contribution in [3.8, 4) is 0 Å². The lowest BCUT2D eigenvalue weighted by Crippen LogP contribution is -2.55. The van der Waals surface area contributed by atoms with Gasteiger partial charge in [-0.25, -0.2) is 0 Å². The largest absolute Gasteiger partial charge is 0.382 e. The van der Waals surface area contributed by atoms with Crippen molar-refractivity contribution in [2.24, 2.45) is 0 Å². The molecule has 1 amide bonds. The third-order valence-corrected chi connectivity index (χ3v) is 5.31. The number of benzene rings is 1. The minimum atomic E-state index is 0.0231. The zero-order valence-electron chi connectivity index (χ0n) is 15.4. The summed E-state index contributed by atoms with van der Waals surface area (Å²) in [6.45, 7) is 6.08. The fraction of sp³-hybridized carbons (Fsp3) is 0.650. The van der Waals surface area contributed by atoms with Crippen LogP contribution in [-0.2, 0) is 14.3 Å². The van der Waals surface area contributed by atoms with Gasteiger partial charge in [0.2, 0.25) is 5.91 Å². The highest BCUT2D eigenvalue weighted by Gasteiger charge is 2.35. The molecule has 0 aromatic heterocycles. The number of carbonyl (C=O) groups is 1. The van der Waals surface area contributed by atoms with Crippen LogP contribution in [0.2, 0.25) is 0 Å². The Morgan fingerprint density at radius 3 is 2.44 bits per heavy atom. The predicted molar refractivity (Wildman–Crippen MR) is 99.0 cm³/mol. The lowest BCUT2D eigenvalue weighted by Gasteiger charge is -2.41. The molecule has 0 radical (unpaired) electrons. The molecule has 0 N–H and O–H groups in total. The third-order valence-electron chi connectivity index (χ3n) is 5.31. The number of piperidine rings is 2. The van der Waals surface area contributed by atoms with Gasteiger partial charge in [-0.05, 0) is 44.7 Å². The molecule has 0 spiro atoms. The van der Waals surface area contributed by atoms with Crippen LogP contribution < -0.4 is 4.90 Å². The van der Waals surface area contributed by atoms with Gasteiger partial charge < -0.3 is 14.4 Å². The average molecular weight is 346 g/mol. The van der Waals surface area contributed by atoms with E-state index in [1.807, 2.05) is 4.90 Å². The van der Waals surface area contributed by atoms with Crippen LogP contribution in [-0.4, -0.2) is 62.9 Å².